The van der Waals surface area contributed by atoms with Crippen molar-refractivity contribution in [1.82, 2.24) is 20.4 Å². The van der Waals surface area contributed by atoms with E-state index in [1.165, 1.54) is 0 Å². The Morgan fingerprint density at radius 3 is 2.71 bits per heavy atom. The number of hydrogen-bond acceptors (Lipinski definition) is 5. The number of aromatic amines is 1. The van der Waals surface area contributed by atoms with Crippen LogP contribution < -0.4 is 10.1 Å². The molecular formula is C24H30N4O3. The molecule has 0 atom stereocenters. The van der Waals surface area contributed by atoms with Crippen LogP contribution in [0.15, 0.2) is 30.3 Å². The van der Waals surface area contributed by atoms with E-state index in [1.807, 2.05) is 18.2 Å². The SMILES string of the molecule is CC(C)NCCOc1ccc2c(c1)CN(C(=O)c1cc3c(C(C)C)n[nH]c3cc1O)C2. The number of ether oxygens (including phenoxy) is 1. The Balaban J connectivity index is 1.49. The van der Waals surface area contributed by atoms with Crippen molar-refractivity contribution in [2.45, 2.75) is 52.7 Å². The normalized spacial score (nSPS) is 13.4. The molecule has 0 aliphatic carbocycles. The molecule has 31 heavy (non-hydrogen) atoms. The molecule has 2 heterocycles. The van der Waals surface area contributed by atoms with Gasteiger partial charge in [0.15, 0.2) is 0 Å². The first-order chi connectivity index (χ1) is 14.8. The number of fused-ring (bicyclic) bond motifs is 2. The van der Waals surface area contributed by atoms with E-state index in [-0.39, 0.29) is 17.6 Å². The predicted molar refractivity (Wildman–Crippen MR) is 121 cm³/mol. The topological polar surface area (TPSA) is 90.5 Å². The highest BCUT2D eigenvalue weighted by molar-refractivity contribution is 6.01. The summed E-state index contributed by atoms with van der Waals surface area (Å²) < 4.78 is 5.84. The van der Waals surface area contributed by atoms with Crippen molar-refractivity contribution in [3.63, 3.8) is 0 Å². The lowest BCUT2D eigenvalue weighted by molar-refractivity contribution is 0.0748. The average Bonchev–Trinajstić information content (AvgIpc) is 3.33. The standard InChI is InChI=1S/C24H30N4O3/c1-14(2)23-19-10-20(22(29)11-21(19)26-27-23)24(30)28-12-16-5-6-18(9-17(16)13-28)31-8-7-25-15(3)4/h5-6,9-11,14-15,25,29H,7-8,12-13H2,1-4H3,(H,26,27). The Kier molecular flexibility index (Phi) is 5.87. The third-order valence-electron chi connectivity index (χ3n) is 5.60. The number of aromatic hydroxyl groups is 1. The van der Waals surface area contributed by atoms with Crippen LogP contribution in [0.25, 0.3) is 10.9 Å². The lowest BCUT2D eigenvalue weighted by Crippen LogP contribution is -2.27. The summed E-state index contributed by atoms with van der Waals surface area (Å²) in [5, 5.41) is 22.0. The molecule has 0 radical (unpaired) electrons. The van der Waals surface area contributed by atoms with Gasteiger partial charge in [-0.3, -0.25) is 9.89 Å². The predicted octanol–water partition coefficient (Wildman–Crippen LogP) is 3.92. The van der Waals surface area contributed by atoms with Crippen molar-refractivity contribution in [3.8, 4) is 11.5 Å². The van der Waals surface area contributed by atoms with Crippen LogP contribution in [0.2, 0.25) is 0 Å². The number of hydrogen-bond donors (Lipinski definition) is 3. The number of carbonyl (C=O) groups excluding carboxylic acids is 1. The third kappa shape index (κ3) is 4.37. The van der Waals surface area contributed by atoms with Crippen LogP contribution in [0.4, 0.5) is 0 Å². The van der Waals surface area contributed by atoms with E-state index in [0.717, 1.165) is 40.0 Å². The number of phenols is 1. The number of carbonyl (C=O) groups is 1. The number of benzene rings is 2. The molecule has 7 heteroatoms. The summed E-state index contributed by atoms with van der Waals surface area (Å²) in [6, 6.07) is 9.74. The van der Waals surface area contributed by atoms with Crippen molar-refractivity contribution in [2.75, 3.05) is 13.2 Å². The molecule has 2 aromatic carbocycles. The molecule has 164 valence electrons. The molecule has 3 N–H and O–H groups in total. The van der Waals surface area contributed by atoms with Gasteiger partial charge in [-0.05, 0) is 35.2 Å². The van der Waals surface area contributed by atoms with Gasteiger partial charge in [-0.2, -0.15) is 5.10 Å². The summed E-state index contributed by atoms with van der Waals surface area (Å²) in [6.07, 6.45) is 0. The van der Waals surface area contributed by atoms with Crippen LogP contribution in [-0.2, 0) is 13.1 Å². The van der Waals surface area contributed by atoms with Crippen molar-refractivity contribution < 1.29 is 14.6 Å². The number of rotatable bonds is 7. The number of nitrogens with one attached hydrogen (secondary N) is 2. The second kappa shape index (κ2) is 8.59. The number of phenolic OH excluding ortho intramolecular Hbond substituents is 1. The maximum absolute atomic E-state index is 13.2. The van der Waals surface area contributed by atoms with Gasteiger partial charge in [0.1, 0.15) is 18.1 Å². The zero-order valence-electron chi connectivity index (χ0n) is 18.5. The van der Waals surface area contributed by atoms with E-state index >= 15 is 0 Å². The van der Waals surface area contributed by atoms with Gasteiger partial charge in [-0.15, -0.1) is 0 Å². The zero-order chi connectivity index (χ0) is 22.1. The highest BCUT2D eigenvalue weighted by atomic mass is 16.5. The summed E-state index contributed by atoms with van der Waals surface area (Å²) in [6.45, 7) is 10.7. The molecule has 1 amide bonds. The molecule has 1 aliphatic heterocycles. The van der Waals surface area contributed by atoms with Gasteiger partial charge in [0.05, 0.1) is 16.8 Å². The first-order valence-corrected chi connectivity index (χ1v) is 10.8. The number of amides is 1. The zero-order valence-corrected chi connectivity index (χ0v) is 18.5. The smallest absolute Gasteiger partial charge is 0.258 e. The molecule has 0 saturated heterocycles. The maximum Gasteiger partial charge on any atom is 0.258 e. The summed E-state index contributed by atoms with van der Waals surface area (Å²) in [7, 11) is 0. The summed E-state index contributed by atoms with van der Waals surface area (Å²) >= 11 is 0. The van der Waals surface area contributed by atoms with Gasteiger partial charge in [-0.25, -0.2) is 0 Å². The van der Waals surface area contributed by atoms with Crippen molar-refractivity contribution in [1.29, 1.82) is 0 Å². The molecule has 4 rings (SSSR count). The lowest BCUT2D eigenvalue weighted by atomic mass is 10.0. The summed E-state index contributed by atoms with van der Waals surface area (Å²) in [5.74, 6) is 0.804. The monoisotopic (exact) mass is 422 g/mol. The summed E-state index contributed by atoms with van der Waals surface area (Å²) in [4.78, 5) is 15.0. The first-order valence-electron chi connectivity index (χ1n) is 10.8. The van der Waals surface area contributed by atoms with E-state index in [2.05, 4.69) is 43.2 Å². The van der Waals surface area contributed by atoms with Crippen LogP contribution >= 0.6 is 0 Å². The van der Waals surface area contributed by atoms with Gasteiger partial charge in [-0.1, -0.05) is 33.8 Å². The Bertz CT molecular complexity index is 1100. The van der Waals surface area contributed by atoms with Crippen molar-refractivity contribution in [2.24, 2.45) is 0 Å². The molecule has 1 aromatic heterocycles. The van der Waals surface area contributed by atoms with E-state index in [0.29, 0.717) is 31.3 Å². The van der Waals surface area contributed by atoms with Gasteiger partial charge in [0, 0.05) is 37.1 Å². The van der Waals surface area contributed by atoms with Crippen LogP contribution in [0.3, 0.4) is 0 Å². The quantitative estimate of drug-likeness (QED) is 0.502. The third-order valence-corrected chi connectivity index (χ3v) is 5.60. The lowest BCUT2D eigenvalue weighted by Gasteiger charge is -2.16. The molecule has 0 unspecified atom stereocenters. The maximum atomic E-state index is 13.2. The molecule has 0 bridgehead atoms. The van der Waals surface area contributed by atoms with E-state index in [4.69, 9.17) is 4.74 Å². The van der Waals surface area contributed by atoms with Crippen LogP contribution in [0.5, 0.6) is 11.5 Å². The first kappa shape index (κ1) is 21.2. The number of nitrogens with zero attached hydrogens (tertiary/aromatic N) is 2. The molecule has 0 fully saturated rings. The Morgan fingerprint density at radius 1 is 1.19 bits per heavy atom. The minimum absolute atomic E-state index is 0.0333. The largest absolute Gasteiger partial charge is 0.507 e. The van der Waals surface area contributed by atoms with Crippen molar-refractivity contribution >= 4 is 16.8 Å². The van der Waals surface area contributed by atoms with Crippen LogP contribution in [0, 0.1) is 0 Å². The number of aromatic nitrogens is 2. The minimum atomic E-state index is -0.185. The Morgan fingerprint density at radius 2 is 1.97 bits per heavy atom. The van der Waals surface area contributed by atoms with Gasteiger partial charge in [0.25, 0.3) is 5.91 Å². The van der Waals surface area contributed by atoms with Crippen LogP contribution in [0.1, 0.15) is 60.8 Å². The highest BCUT2D eigenvalue weighted by Gasteiger charge is 2.27. The second-order valence-corrected chi connectivity index (χ2v) is 8.73. The van der Waals surface area contributed by atoms with Gasteiger partial charge >= 0.3 is 0 Å². The van der Waals surface area contributed by atoms with Crippen molar-refractivity contribution in [3.05, 3.63) is 52.7 Å². The molecule has 3 aromatic rings. The molecular weight excluding hydrogens is 392 g/mol. The fourth-order valence-electron chi connectivity index (χ4n) is 3.98. The van der Waals surface area contributed by atoms with Gasteiger partial charge < -0.3 is 20.1 Å². The van der Waals surface area contributed by atoms with E-state index < -0.39 is 0 Å². The van der Waals surface area contributed by atoms with Crippen LogP contribution in [-0.4, -0.2) is 45.3 Å². The molecule has 1 aliphatic rings. The number of H-pyrrole nitrogens is 1. The van der Waals surface area contributed by atoms with E-state index in [1.54, 1.807) is 17.0 Å². The van der Waals surface area contributed by atoms with E-state index in [9.17, 15) is 9.90 Å². The highest BCUT2D eigenvalue weighted by Crippen LogP contribution is 2.33. The van der Waals surface area contributed by atoms with Gasteiger partial charge in [0.2, 0.25) is 0 Å². The Labute approximate surface area is 182 Å². The molecule has 0 spiro atoms. The minimum Gasteiger partial charge on any atom is -0.507 e. The fourth-order valence-corrected chi connectivity index (χ4v) is 3.98. The molecule has 7 nitrogen and oxygen atoms in total. The fraction of sp³-hybridized carbons (Fsp3) is 0.417. The second-order valence-electron chi connectivity index (χ2n) is 8.73. The Hall–Kier alpha value is -3.06. The summed E-state index contributed by atoms with van der Waals surface area (Å²) in [5.41, 5.74) is 4.11. The molecule has 0 saturated carbocycles. The average molecular weight is 423 g/mol.